The average molecular weight is 475 g/mol. The number of carbonyl (C=O) groups excluding carboxylic acids is 3. The first-order valence-corrected chi connectivity index (χ1v) is 9.77. The van der Waals surface area contributed by atoms with Gasteiger partial charge in [0.15, 0.2) is 0 Å². The summed E-state index contributed by atoms with van der Waals surface area (Å²) in [7, 11) is 0. The van der Waals surface area contributed by atoms with Crippen LogP contribution in [-0.4, -0.2) is 42.5 Å². The zero-order chi connectivity index (χ0) is 23.0. The molecule has 0 atom stereocenters. The third-order valence-electron chi connectivity index (χ3n) is 4.58. The topological polar surface area (TPSA) is 140 Å². The lowest BCUT2D eigenvalue weighted by Crippen LogP contribution is -2.29. The van der Waals surface area contributed by atoms with Crippen LogP contribution in [-0.2, 0) is 17.9 Å². The minimum atomic E-state index is -0.668. The number of non-ortho nitro benzene ring substituents is 1. The molecule has 1 aliphatic rings. The van der Waals surface area contributed by atoms with Gasteiger partial charge in [-0.25, -0.2) is 4.68 Å². The second-order valence-electron chi connectivity index (χ2n) is 6.76. The number of benzene rings is 2. The van der Waals surface area contributed by atoms with Crippen molar-refractivity contribution in [3.8, 4) is 0 Å². The number of nitrogens with one attached hydrogen (secondary N) is 1. The van der Waals surface area contributed by atoms with Gasteiger partial charge in [0.25, 0.3) is 17.5 Å². The van der Waals surface area contributed by atoms with Gasteiger partial charge in [-0.05, 0) is 24.3 Å². The fourth-order valence-electron chi connectivity index (χ4n) is 3.11. The van der Waals surface area contributed by atoms with E-state index < -0.39 is 22.6 Å². The Labute approximate surface area is 189 Å². The van der Waals surface area contributed by atoms with Crippen LogP contribution >= 0.6 is 23.2 Å². The number of hydrogen-bond acceptors (Lipinski definition) is 7. The molecular formula is C19H12Cl2N6O5. The number of imide groups is 1. The molecule has 0 saturated carbocycles. The van der Waals surface area contributed by atoms with Gasteiger partial charge in [0, 0.05) is 17.2 Å². The van der Waals surface area contributed by atoms with Gasteiger partial charge in [0.1, 0.15) is 12.2 Å². The molecule has 11 nitrogen and oxygen atoms in total. The molecule has 1 aliphatic heterocycles. The highest BCUT2D eigenvalue weighted by Crippen LogP contribution is 2.28. The molecule has 3 aromatic rings. The third-order valence-corrected chi connectivity index (χ3v) is 5.13. The average Bonchev–Trinajstić information content (AvgIpc) is 3.28. The monoisotopic (exact) mass is 474 g/mol. The minimum Gasteiger partial charge on any atom is -0.323 e. The van der Waals surface area contributed by atoms with E-state index in [0.717, 1.165) is 17.0 Å². The molecule has 1 N–H and O–H groups in total. The molecule has 0 fully saturated rings. The largest absolute Gasteiger partial charge is 0.323 e. The molecule has 162 valence electrons. The van der Waals surface area contributed by atoms with Crippen LogP contribution in [0.4, 0.5) is 11.4 Å². The van der Waals surface area contributed by atoms with Crippen molar-refractivity contribution >= 4 is 52.3 Å². The number of fused-ring (bicyclic) bond motifs is 1. The first-order chi connectivity index (χ1) is 15.2. The summed E-state index contributed by atoms with van der Waals surface area (Å²) in [6.45, 7) is -0.398. The molecule has 0 bridgehead atoms. The molecule has 0 saturated heterocycles. The molecule has 3 amide bonds. The van der Waals surface area contributed by atoms with E-state index >= 15 is 0 Å². The van der Waals surface area contributed by atoms with Crippen LogP contribution in [0.25, 0.3) is 0 Å². The maximum atomic E-state index is 12.6. The molecular weight excluding hydrogens is 463 g/mol. The molecule has 32 heavy (non-hydrogen) atoms. The van der Waals surface area contributed by atoms with Gasteiger partial charge in [0.2, 0.25) is 5.91 Å². The van der Waals surface area contributed by atoms with Crippen LogP contribution in [0, 0.1) is 10.1 Å². The first-order valence-electron chi connectivity index (χ1n) is 9.01. The van der Waals surface area contributed by atoms with Crippen molar-refractivity contribution in [3.63, 3.8) is 0 Å². The molecule has 1 aromatic heterocycles. The van der Waals surface area contributed by atoms with E-state index in [1.807, 2.05) is 0 Å². The Morgan fingerprint density at radius 2 is 1.84 bits per heavy atom. The van der Waals surface area contributed by atoms with Gasteiger partial charge in [-0.1, -0.05) is 28.4 Å². The smallest absolute Gasteiger partial charge is 0.270 e. The van der Waals surface area contributed by atoms with Gasteiger partial charge in [0.05, 0.1) is 39.5 Å². The van der Waals surface area contributed by atoms with Crippen molar-refractivity contribution in [2.75, 3.05) is 5.32 Å². The zero-order valence-electron chi connectivity index (χ0n) is 16.0. The Hall–Kier alpha value is -3.83. The van der Waals surface area contributed by atoms with E-state index in [4.69, 9.17) is 23.2 Å². The normalized spacial score (nSPS) is 12.8. The summed E-state index contributed by atoms with van der Waals surface area (Å²) in [4.78, 5) is 48.5. The lowest BCUT2D eigenvalue weighted by atomic mass is 10.1. The van der Waals surface area contributed by atoms with E-state index in [1.165, 1.54) is 23.0 Å². The number of aromatic nitrogens is 3. The van der Waals surface area contributed by atoms with Crippen LogP contribution in [0.15, 0.2) is 42.6 Å². The van der Waals surface area contributed by atoms with E-state index in [0.29, 0.717) is 10.7 Å². The molecule has 2 heterocycles. The van der Waals surface area contributed by atoms with Crippen LogP contribution in [0.1, 0.15) is 26.4 Å². The molecule has 0 spiro atoms. The number of nitrogens with zero attached hydrogens (tertiary/aromatic N) is 5. The summed E-state index contributed by atoms with van der Waals surface area (Å²) in [6.07, 6.45) is 1.41. The summed E-state index contributed by atoms with van der Waals surface area (Å²) >= 11 is 11.9. The quantitative estimate of drug-likeness (QED) is 0.328. The van der Waals surface area contributed by atoms with Gasteiger partial charge in [-0.15, -0.1) is 5.10 Å². The van der Waals surface area contributed by atoms with E-state index in [9.17, 15) is 24.5 Å². The number of halogens is 2. The van der Waals surface area contributed by atoms with Crippen molar-refractivity contribution < 1.29 is 19.3 Å². The van der Waals surface area contributed by atoms with E-state index in [2.05, 4.69) is 15.6 Å². The highest BCUT2D eigenvalue weighted by Gasteiger charge is 2.37. The molecule has 0 unspecified atom stereocenters. The van der Waals surface area contributed by atoms with Crippen LogP contribution in [0.2, 0.25) is 10.0 Å². The number of hydrogen-bond donors (Lipinski definition) is 1. The Bertz CT molecular complexity index is 1290. The highest BCUT2D eigenvalue weighted by atomic mass is 35.5. The maximum absolute atomic E-state index is 12.6. The van der Waals surface area contributed by atoms with Crippen molar-refractivity contribution in [2.24, 2.45) is 0 Å². The summed E-state index contributed by atoms with van der Waals surface area (Å²) in [5.41, 5.74) is 0.375. The molecule has 4 rings (SSSR count). The van der Waals surface area contributed by atoms with Gasteiger partial charge in [-0.2, -0.15) is 0 Å². The Balaban J connectivity index is 1.43. The summed E-state index contributed by atoms with van der Waals surface area (Å²) in [5.74, 6) is -1.69. The van der Waals surface area contributed by atoms with Crippen LogP contribution < -0.4 is 5.32 Å². The van der Waals surface area contributed by atoms with E-state index in [1.54, 1.807) is 12.1 Å². The Morgan fingerprint density at radius 3 is 2.56 bits per heavy atom. The first kappa shape index (κ1) is 21.4. The second-order valence-corrected chi connectivity index (χ2v) is 7.61. The predicted octanol–water partition coefficient (Wildman–Crippen LogP) is 2.93. The highest BCUT2D eigenvalue weighted by molar-refractivity contribution is 6.36. The van der Waals surface area contributed by atoms with Gasteiger partial charge in [-0.3, -0.25) is 29.4 Å². The van der Waals surface area contributed by atoms with Crippen molar-refractivity contribution in [2.45, 2.75) is 13.1 Å². The fourth-order valence-corrected chi connectivity index (χ4v) is 3.57. The van der Waals surface area contributed by atoms with Crippen LogP contribution in [0.5, 0.6) is 0 Å². The Kier molecular flexibility index (Phi) is 5.59. The number of nitro groups is 1. The standard InChI is InChI=1S/C19H12Cl2N6O5/c20-10-1-4-16(15(21)5-10)22-17(28)9-25-7-11(23-24-25)8-26-18(29)13-3-2-12(27(31)32)6-14(13)19(26)30/h1-7H,8-9H2,(H,22,28). The Morgan fingerprint density at radius 1 is 1.09 bits per heavy atom. The van der Waals surface area contributed by atoms with Gasteiger partial charge >= 0.3 is 0 Å². The number of anilines is 1. The van der Waals surface area contributed by atoms with Crippen molar-refractivity contribution in [1.29, 1.82) is 0 Å². The fraction of sp³-hybridized carbons (Fsp3) is 0.105. The van der Waals surface area contributed by atoms with E-state index in [-0.39, 0.29) is 40.6 Å². The predicted molar refractivity (Wildman–Crippen MR) is 112 cm³/mol. The summed E-state index contributed by atoms with van der Waals surface area (Å²) < 4.78 is 1.23. The molecule has 0 aliphatic carbocycles. The number of nitro benzene ring substituents is 1. The van der Waals surface area contributed by atoms with Crippen molar-refractivity contribution in [3.05, 3.63) is 79.6 Å². The maximum Gasteiger partial charge on any atom is 0.270 e. The SMILES string of the molecule is O=C(Cn1cc(CN2C(=O)c3ccc([N+](=O)[O-])cc3C2=O)nn1)Nc1ccc(Cl)cc1Cl. The lowest BCUT2D eigenvalue weighted by molar-refractivity contribution is -0.384. The third kappa shape index (κ3) is 4.15. The minimum absolute atomic E-state index is 0.0455. The zero-order valence-corrected chi connectivity index (χ0v) is 17.5. The lowest BCUT2D eigenvalue weighted by Gasteiger charge is -2.11. The number of rotatable bonds is 6. The van der Waals surface area contributed by atoms with Crippen LogP contribution in [0.3, 0.4) is 0 Å². The van der Waals surface area contributed by atoms with Gasteiger partial charge < -0.3 is 5.32 Å². The summed E-state index contributed by atoms with van der Waals surface area (Å²) in [6, 6.07) is 8.10. The second kappa shape index (κ2) is 8.36. The molecule has 13 heteroatoms. The summed E-state index contributed by atoms with van der Waals surface area (Å²) in [5, 5.41) is 22.0. The number of carbonyl (C=O) groups is 3. The number of amides is 3. The molecule has 0 radical (unpaired) electrons. The molecule has 2 aromatic carbocycles. The van der Waals surface area contributed by atoms with Crippen molar-refractivity contribution in [1.82, 2.24) is 19.9 Å².